The van der Waals surface area contributed by atoms with Gasteiger partial charge in [0.2, 0.25) is 0 Å². The summed E-state index contributed by atoms with van der Waals surface area (Å²) in [6.07, 6.45) is 1.12. The van der Waals surface area contributed by atoms with Crippen LogP contribution in [-0.2, 0) is 4.74 Å². The Morgan fingerprint density at radius 2 is 2.22 bits per heavy atom. The number of nitrogens with one attached hydrogen (secondary N) is 1. The molecule has 9 heavy (non-hydrogen) atoms. The average Bonchev–Trinajstić information content (AvgIpc) is 1.89. The lowest BCUT2D eigenvalue weighted by atomic mass is 10.4. The SMILES string of the molecule is COCCCNCCI. The van der Waals surface area contributed by atoms with E-state index in [1.54, 1.807) is 7.11 Å². The molecule has 1 N–H and O–H groups in total. The number of methoxy groups -OCH3 is 1. The Morgan fingerprint density at radius 1 is 1.44 bits per heavy atom. The third-order valence-corrected chi connectivity index (χ3v) is 1.51. The van der Waals surface area contributed by atoms with E-state index in [-0.39, 0.29) is 0 Å². The molecular weight excluding hydrogens is 229 g/mol. The van der Waals surface area contributed by atoms with Crippen LogP contribution in [0.1, 0.15) is 6.42 Å². The van der Waals surface area contributed by atoms with E-state index in [4.69, 9.17) is 4.74 Å². The molecule has 0 aliphatic heterocycles. The fraction of sp³-hybridized carbons (Fsp3) is 1.00. The number of halogens is 1. The van der Waals surface area contributed by atoms with Gasteiger partial charge in [0.1, 0.15) is 0 Å². The van der Waals surface area contributed by atoms with Gasteiger partial charge in [0.25, 0.3) is 0 Å². The van der Waals surface area contributed by atoms with E-state index in [2.05, 4.69) is 27.9 Å². The molecule has 0 amide bonds. The smallest absolute Gasteiger partial charge is 0.0474 e. The molecule has 2 nitrogen and oxygen atoms in total. The molecule has 0 fully saturated rings. The van der Waals surface area contributed by atoms with Gasteiger partial charge in [0.05, 0.1) is 0 Å². The maximum absolute atomic E-state index is 4.88. The van der Waals surface area contributed by atoms with Crippen LogP contribution in [0, 0.1) is 0 Å². The summed E-state index contributed by atoms with van der Waals surface area (Å²) in [6.45, 7) is 3.06. The largest absolute Gasteiger partial charge is 0.385 e. The van der Waals surface area contributed by atoms with Crippen LogP contribution in [0.2, 0.25) is 0 Å². The van der Waals surface area contributed by atoms with Crippen LogP contribution >= 0.6 is 22.6 Å². The van der Waals surface area contributed by atoms with Crippen molar-refractivity contribution in [3.8, 4) is 0 Å². The van der Waals surface area contributed by atoms with Gasteiger partial charge in [-0.1, -0.05) is 22.6 Å². The number of alkyl halides is 1. The molecule has 0 atom stereocenters. The Balaban J connectivity index is 2.60. The number of ether oxygens (including phenoxy) is 1. The predicted octanol–water partition coefficient (Wildman–Crippen LogP) is 1.05. The summed E-state index contributed by atoms with van der Waals surface area (Å²) in [6, 6.07) is 0. The van der Waals surface area contributed by atoms with E-state index in [1.165, 1.54) is 4.43 Å². The minimum Gasteiger partial charge on any atom is -0.385 e. The van der Waals surface area contributed by atoms with Crippen molar-refractivity contribution in [2.24, 2.45) is 0 Å². The minimum atomic E-state index is 0.869. The second kappa shape index (κ2) is 8.65. The zero-order chi connectivity index (χ0) is 6.95. The molecule has 0 bridgehead atoms. The van der Waals surface area contributed by atoms with Gasteiger partial charge in [-0.25, -0.2) is 0 Å². The fourth-order valence-corrected chi connectivity index (χ4v) is 0.915. The number of hydrogen-bond acceptors (Lipinski definition) is 2. The molecule has 0 aromatic carbocycles. The first-order valence-corrected chi connectivity index (χ1v) is 4.70. The first-order valence-electron chi connectivity index (χ1n) is 3.17. The highest BCUT2D eigenvalue weighted by atomic mass is 127. The molecule has 0 radical (unpaired) electrons. The summed E-state index contributed by atoms with van der Waals surface area (Å²) < 4.78 is 6.07. The molecule has 0 heterocycles. The van der Waals surface area contributed by atoms with E-state index in [1.807, 2.05) is 0 Å². The Kier molecular flexibility index (Phi) is 9.27. The first-order chi connectivity index (χ1) is 4.41. The second-order valence-corrected chi connectivity index (χ2v) is 2.86. The zero-order valence-electron chi connectivity index (χ0n) is 5.82. The van der Waals surface area contributed by atoms with Crippen molar-refractivity contribution in [1.82, 2.24) is 5.32 Å². The molecule has 0 aliphatic carbocycles. The lowest BCUT2D eigenvalue weighted by molar-refractivity contribution is 0.194. The standard InChI is InChI=1S/C6H14INO/c1-9-6-2-4-8-5-3-7/h8H,2-6H2,1H3. The first kappa shape index (κ1) is 9.65. The topological polar surface area (TPSA) is 21.3 Å². The van der Waals surface area contributed by atoms with E-state index in [0.717, 1.165) is 26.1 Å². The Morgan fingerprint density at radius 3 is 2.78 bits per heavy atom. The summed E-state index contributed by atoms with van der Waals surface area (Å²) in [5.74, 6) is 0. The normalized spacial score (nSPS) is 10.0. The minimum absolute atomic E-state index is 0.869. The van der Waals surface area contributed by atoms with Crippen LogP contribution in [0.15, 0.2) is 0 Å². The maximum Gasteiger partial charge on any atom is 0.0474 e. The van der Waals surface area contributed by atoms with E-state index in [0.29, 0.717) is 0 Å². The third-order valence-electron chi connectivity index (χ3n) is 0.973. The second-order valence-electron chi connectivity index (χ2n) is 1.79. The van der Waals surface area contributed by atoms with Crippen molar-refractivity contribution in [2.45, 2.75) is 6.42 Å². The maximum atomic E-state index is 4.88. The van der Waals surface area contributed by atoms with Gasteiger partial charge in [0.15, 0.2) is 0 Å². The van der Waals surface area contributed by atoms with Gasteiger partial charge in [-0.3, -0.25) is 0 Å². The molecule has 0 spiro atoms. The van der Waals surface area contributed by atoms with E-state index < -0.39 is 0 Å². The quantitative estimate of drug-likeness (QED) is 0.427. The molecule has 0 saturated carbocycles. The highest BCUT2D eigenvalue weighted by Crippen LogP contribution is 1.79. The zero-order valence-corrected chi connectivity index (χ0v) is 7.98. The van der Waals surface area contributed by atoms with Crippen molar-refractivity contribution in [1.29, 1.82) is 0 Å². The van der Waals surface area contributed by atoms with Crippen LogP contribution in [0.5, 0.6) is 0 Å². The lowest BCUT2D eigenvalue weighted by Gasteiger charge is -1.99. The molecule has 3 heteroatoms. The summed E-state index contributed by atoms with van der Waals surface area (Å²) >= 11 is 2.35. The molecular formula is C6H14INO. The van der Waals surface area contributed by atoms with Crippen LogP contribution < -0.4 is 5.32 Å². The molecule has 0 aliphatic rings. The van der Waals surface area contributed by atoms with Crippen molar-refractivity contribution >= 4 is 22.6 Å². The summed E-state index contributed by atoms with van der Waals surface area (Å²) in [5.41, 5.74) is 0. The van der Waals surface area contributed by atoms with Gasteiger partial charge in [-0.15, -0.1) is 0 Å². The highest BCUT2D eigenvalue weighted by Gasteiger charge is 1.84. The van der Waals surface area contributed by atoms with Crippen LogP contribution in [-0.4, -0.2) is 31.2 Å². The average molecular weight is 243 g/mol. The monoisotopic (exact) mass is 243 g/mol. The van der Waals surface area contributed by atoms with Gasteiger partial charge < -0.3 is 10.1 Å². The van der Waals surface area contributed by atoms with Gasteiger partial charge in [-0.2, -0.15) is 0 Å². The molecule has 56 valence electrons. The Bertz CT molecular complexity index is 46.3. The fourth-order valence-electron chi connectivity index (χ4n) is 0.533. The van der Waals surface area contributed by atoms with Crippen molar-refractivity contribution < 1.29 is 4.74 Å². The van der Waals surface area contributed by atoms with Crippen molar-refractivity contribution in [2.75, 3.05) is 31.2 Å². The molecule has 0 aromatic rings. The van der Waals surface area contributed by atoms with Crippen LogP contribution in [0.25, 0.3) is 0 Å². The van der Waals surface area contributed by atoms with Crippen molar-refractivity contribution in [3.05, 3.63) is 0 Å². The molecule has 0 rings (SSSR count). The molecule has 0 unspecified atom stereocenters. The predicted molar refractivity (Wildman–Crippen MR) is 48.2 cm³/mol. The number of hydrogen-bond donors (Lipinski definition) is 1. The third kappa shape index (κ3) is 8.65. The summed E-state index contributed by atoms with van der Waals surface area (Å²) in [4.78, 5) is 0. The Hall–Kier alpha value is 0.650. The van der Waals surface area contributed by atoms with E-state index in [9.17, 15) is 0 Å². The summed E-state index contributed by atoms with van der Waals surface area (Å²) in [7, 11) is 1.73. The van der Waals surface area contributed by atoms with Gasteiger partial charge in [-0.05, 0) is 13.0 Å². The molecule has 0 aromatic heterocycles. The van der Waals surface area contributed by atoms with Crippen LogP contribution in [0.4, 0.5) is 0 Å². The summed E-state index contributed by atoms with van der Waals surface area (Å²) in [5, 5.41) is 3.28. The van der Waals surface area contributed by atoms with E-state index >= 15 is 0 Å². The van der Waals surface area contributed by atoms with Gasteiger partial charge >= 0.3 is 0 Å². The molecule has 0 saturated heterocycles. The Labute approximate surface area is 70.5 Å². The van der Waals surface area contributed by atoms with Crippen LogP contribution in [0.3, 0.4) is 0 Å². The number of rotatable bonds is 6. The lowest BCUT2D eigenvalue weighted by Crippen LogP contribution is -2.18. The van der Waals surface area contributed by atoms with Gasteiger partial charge in [0, 0.05) is 24.7 Å². The van der Waals surface area contributed by atoms with Crippen molar-refractivity contribution in [3.63, 3.8) is 0 Å². The highest BCUT2D eigenvalue weighted by molar-refractivity contribution is 14.1.